The lowest BCUT2D eigenvalue weighted by atomic mass is 10.0. The second kappa shape index (κ2) is 8.95. The second-order valence-electron chi connectivity index (χ2n) is 7.97. The first kappa shape index (κ1) is 22.3. The number of amides is 1. The fourth-order valence-corrected chi connectivity index (χ4v) is 3.93. The molecular weight excluding hydrogens is 423 g/mol. The van der Waals surface area contributed by atoms with Crippen LogP contribution in [0, 0.1) is 12.7 Å². The average molecular weight is 449 g/mol. The lowest BCUT2D eigenvalue weighted by molar-refractivity contribution is 0.100. The van der Waals surface area contributed by atoms with Crippen molar-refractivity contribution in [2.24, 2.45) is 12.8 Å². The summed E-state index contributed by atoms with van der Waals surface area (Å²) in [6.45, 7) is 4.27. The Balaban J connectivity index is 1.84. The number of hydrogen-bond acceptors (Lipinski definition) is 6. The molecule has 8 nitrogen and oxygen atoms in total. The van der Waals surface area contributed by atoms with E-state index in [4.69, 9.17) is 10.5 Å². The summed E-state index contributed by atoms with van der Waals surface area (Å²) in [6.07, 6.45) is 4.88. The van der Waals surface area contributed by atoms with Gasteiger partial charge in [0.15, 0.2) is 0 Å². The largest absolute Gasteiger partial charge is 0.378 e. The number of methoxy groups -OCH3 is 1. The number of fused-ring (bicyclic) bond motifs is 1. The number of pyridine rings is 2. The van der Waals surface area contributed by atoms with E-state index in [-0.39, 0.29) is 11.6 Å². The number of rotatable bonds is 7. The molecule has 0 aliphatic rings. The number of halogens is 1. The first-order chi connectivity index (χ1) is 15.8. The Morgan fingerprint density at radius 2 is 2.06 bits per heavy atom. The number of ether oxygens (including phenoxy) is 1. The number of primary amides is 1. The minimum Gasteiger partial charge on any atom is -0.378 e. The molecule has 1 aromatic carbocycles. The Kier molecular flexibility index (Phi) is 6.06. The van der Waals surface area contributed by atoms with E-state index in [1.807, 2.05) is 27.1 Å². The molecule has 0 aliphatic heterocycles. The highest BCUT2D eigenvalue weighted by atomic mass is 19.1. The third-order valence-electron chi connectivity index (χ3n) is 5.47. The molecule has 0 aliphatic carbocycles. The van der Waals surface area contributed by atoms with Crippen LogP contribution in [0.5, 0.6) is 0 Å². The van der Waals surface area contributed by atoms with Crippen LogP contribution in [0.1, 0.15) is 40.3 Å². The molecule has 3 heterocycles. The van der Waals surface area contributed by atoms with Gasteiger partial charge in [0.2, 0.25) is 0 Å². The van der Waals surface area contributed by atoms with E-state index >= 15 is 4.39 Å². The van der Waals surface area contributed by atoms with E-state index in [2.05, 4.69) is 20.4 Å². The molecule has 0 spiro atoms. The van der Waals surface area contributed by atoms with Crippen molar-refractivity contribution in [3.05, 3.63) is 71.2 Å². The van der Waals surface area contributed by atoms with Crippen LogP contribution in [-0.4, -0.2) is 32.8 Å². The molecule has 3 N–H and O–H groups in total. The lowest BCUT2D eigenvalue weighted by Gasteiger charge is -2.19. The number of nitrogens with two attached hydrogens (primary N) is 1. The average Bonchev–Trinajstić information content (AvgIpc) is 3.12. The second-order valence-corrected chi connectivity index (χ2v) is 7.97. The van der Waals surface area contributed by atoms with Crippen LogP contribution in [0.15, 0.2) is 42.9 Å². The normalized spacial score (nSPS) is 12.2. The highest BCUT2D eigenvalue weighted by Gasteiger charge is 2.20. The van der Waals surface area contributed by atoms with Gasteiger partial charge in [-0.05, 0) is 31.5 Å². The topological polar surface area (TPSA) is 108 Å². The third kappa shape index (κ3) is 4.40. The number of aromatic nitrogens is 4. The van der Waals surface area contributed by atoms with Gasteiger partial charge in [-0.1, -0.05) is 6.07 Å². The van der Waals surface area contributed by atoms with Crippen molar-refractivity contribution in [3.63, 3.8) is 0 Å². The number of nitrogens with zero attached hydrogens (tertiary/aromatic N) is 4. The maximum absolute atomic E-state index is 15.0. The van der Waals surface area contributed by atoms with Crippen molar-refractivity contribution in [2.45, 2.75) is 26.5 Å². The van der Waals surface area contributed by atoms with E-state index in [0.29, 0.717) is 34.3 Å². The molecule has 0 unspecified atom stereocenters. The fraction of sp³-hybridized carbons (Fsp3) is 0.250. The smallest absolute Gasteiger partial charge is 0.252 e. The van der Waals surface area contributed by atoms with Crippen LogP contribution in [0.3, 0.4) is 0 Å². The Hall–Kier alpha value is -3.85. The molecule has 3 aromatic heterocycles. The standard InChI is InChI=1S/C24H25FN6O2/c1-13-11-31(3)30-22(13)14(2)29-23-18-7-17(15-5-6-16(12-33-4)27-9-15)20(25)8-21(18)28-10-19(23)24(26)32/h5-11,14H,12H2,1-4H3,(H2,26,32)(H,28,29)/t14-/m1/s1. The molecule has 0 saturated carbocycles. The van der Waals surface area contributed by atoms with Crippen molar-refractivity contribution in [2.75, 3.05) is 12.4 Å². The Morgan fingerprint density at radius 1 is 1.27 bits per heavy atom. The van der Waals surface area contributed by atoms with Crippen LogP contribution >= 0.6 is 0 Å². The molecule has 0 fully saturated rings. The molecule has 4 aromatic rings. The van der Waals surface area contributed by atoms with Crippen molar-refractivity contribution in [1.29, 1.82) is 0 Å². The maximum Gasteiger partial charge on any atom is 0.252 e. The van der Waals surface area contributed by atoms with Crippen molar-refractivity contribution in [1.82, 2.24) is 19.7 Å². The maximum atomic E-state index is 15.0. The van der Waals surface area contributed by atoms with Gasteiger partial charge >= 0.3 is 0 Å². The zero-order valence-corrected chi connectivity index (χ0v) is 18.9. The van der Waals surface area contributed by atoms with Gasteiger partial charge < -0.3 is 15.8 Å². The SMILES string of the molecule is COCc1ccc(-c2cc3c(N[C@H](C)c4nn(C)cc4C)c(C(N)=O)cnc3cc2F)cn1. The first-order valence-corrected chi connectivity index (χ1v) is 10.4. The van der Waals surface area contributed by atoms with Crippen LogP contribution in [0.2, 0.25) is 0 Å². The monoisotopic (exact) mass is 448 g/mol. The number of hydrogen-bond donors (Lipinski definition) is 2. The number of carbonyl (C=O) groups is 1. The molecule has 1 atom stereocenters. The van der Waals surface area contributed by atoms with Crippen LogP contribution in [0.4, 0.5) is 10.1 Å². The Labute approximate surface area is 190 Å². The molecule has 9 heteroatoms. The summed E-state index contributed by atoms with van der Waals surface area (Å²) in [5, 5.41) is 8.44. The van der Waals surface area contributed by atoms with Gasteiger partial charge in [-0.3, -0.25) is 19.4 Å². The van der Waals surface area contributed by atoms with E-state index in [1.165, 1.54) is 12.3 Å². The van der Waals surface area contributed by atoms with Crippen LogP contribution in [-0.2, 0) is 18.4 Å². The van der Waals surface area contributed by atoms with E-state index in [1.54, 1.807) is 36.2 Å². The van der Waals surface area contributed by atoms with Gasteiger partial charge in [-0.15, -0.1) is 0 Å². The molecule has 0 bridgehead atoms. The van der Waals surface area contributed by atoms with Gasteiger partial charge in [-0.25, -0.2) is 4.39 Å². The summed E-state index contributed by atoms with van der Waals surface area (Å²) in [4.78, 5) is 20.8. The Morgan fingerprint density at radius 3 is 2.67 bits per heavy atom. The van der Waals surface area contributed by atoms with E-state index < -0.39 is 11.7 Å². The summed E-state index contributed by atoms with van der Waals surface area (Å²) in [6, 6.07) is 6.34. The van der Waals surface area contributed by atoms with Crippen molar-refractivity contribution < 1.29 is 13.9 Å². The summed E-state index contributed by atoms with van der Waals surface area (Å²) in [5.74, 6) is -1.07. The van der Waals surface area contributed by atoms with Gasteiger partial charge in [0.1, 0.15) is 5.82 Å². The minimum atomic E-state index is -0.631. The predicted octanol–water partition coefficient (Wildman–Crippen LogP) is 3.90. The summed E-state index contributed by atoms with van der Waals surface area (Å²) < 4.78 is 21.8. The molecule has 33 heavy (non-hydrogen) atoms. The number of carbonyl (C=O) groups excluding carboxylic acids is 1. The molecule has 4 rings (SSSR count). The third-order valence-corrected chi connectivity index (χ3v) is 5.47. The summed E-state index contributed by atoms with van der Waals surface area (Å²) in [5.41, 5.74) is 10.3. The zero-order valence-electron chi connectivity index (χ0n) is 18.9. The molecule has 1 amide bonds. The van der Waals surface area contributed by atoms with Gasteiger partial charge in [0, 0.05) is 55.3 Å². The first-order valence-electron chi connectivity index (χ1n) is 10.4. The molecule has 170 valence electrons. The van der Waals surface area contributed by atoms with Crippen molar-refractivity contribution >= 4 is 22.5 Å². The van der Waals surface area contributed by atoms with E-state index in [0.717, 1.165) is 17.0 Å². The quantitative estimate of drug-likeness (QED) is 0.444. The lowest BCUT2D eigenvalue weighted by Crippen LogP contribution is -2.17. The predicted molar refractivity (Wildman–Crippen MR) is 124 cm³/mol. The highest BCUT2D eigenvalue weighted by Crippen LogP contribution is 2.34. The Bertz CT molecular complexity index is 1330. The van der Waals surface area contributed by atoms with Crippen LogP contribution < -0.4 is 11.1 Å². The van der Waals surface area contributed by atoms with Gasteiger partial charge in [-0.2, -0.15) is 5.10 Å². The van der Waals surface area contributed by atoms with Crippen LogP contribution in [0.25, 0.3) is 22.0 Å². The minimum absolute atomic E-state index is 0.217. The summed E-state index contributed by atoms with van der Waals surface area (Å²) in [7, 11) is 3.44. The zero-order chi connectivity index (χ0) is 23.7. The molecule has 0 saturated heterocycles. The number of anilines is 1. The number of benzene rings is 1. The molecule has 0 radical (unpaired) electrons. The number of aryl methyl sites for hydroxylation is 2. The van der Waals surface area contributed by atoms with Crippen molar-refractivity contribution in [3.8, 4) is 11.1 Å². The highest BCUT2D eigenvalue weighted by molar-refractivity contribution is 6.07. The van der Waals surface area contributed by atoms with Gasteiger partial charge in [0.05, 0.1) is 40.8 Å². The molecular formula is C24H25FN6O2. The number of nitrogens with one attached hydrogen (secondary N) is 1. The van der Waals surface area contributed by atoms with E-state index in [9.17, 15) is 4.79 Å². The van der Waals surface area contributed by atoms with Gasteiger partial charge in [0.25, 0.3) is 5.91 Å². The fourth-order valence-electron chi connectivity index (χ4n) is 3.93. The summed E-state index contributed by atoms with van der Waals surface area (Å²) >= 11 is 0.